The predicted octanol–water partition coefficient (Wildman–Crippen LogP) is 0.647. The highest BCUT2D eigenvalue weighted by molar-refractivity contribution is 4.53. The summed E-state index contributed by atoms with van der Waals surface area (Å²) in [5.41, 5.74) is 0. The molecule has 0 fully saturated rings. The molecule has 11 heavy (non-hydrogen) atoms. The molecule has 0 rings (SSSR count). The summed E-state index contributed by atoms with van der Waals surface area (Å²) in [7, 11) is 3.44. The monoisotopic (exact) mass is 161 g/mol. The van der Waals surface area contributed by atoms with Crippen LogP contribution in [-0.4, -0.2) is 40.0 Å². The molecule has 0 aliphatic carbocycles. The van der Waals surface area contributed by atoms with Crippen LogP contribution in [0.15, 0.2) is 0 Å². The zero-order chi connectivity index (χ0) is 8.53. The third kappa shape index (κ3) is 7.78. The van der Waals surface area contributed by atoms with E-state index in [-0.39, 0.29) is 0 Å². The van der Waals surface area contributed by atoms with E-state index in [2.05, 4.69) is 5.32 Å². The molecule has 1 atom stereocenters. The Bertz CT molecular complexity index is 78.5. The Morgan fingerprint density at radius 2 is 2.09 bits per heavy atom. The summed E-state index contributed by atoms with van der Waals surface area (Å²) in [5, 5.41) is 3.27. The Hall–Kier alpha value is -0.120. The number of hydrogen-bond donors (Lipinski definition) is 1. The first-order valence-corrected chi connectivity index (χ1v) is 4.03. The van der Waals surface area contributed by atoms with Crippen molar-refractivity contribution in [2.45, 2.75) is 19.4 Å². The molecule has 0 amide bonds. The van der Waals surface area contributed by atoms with Crippen LogP contribution >= 0.6 is 0 Å². The van der Waals surface area contributed by atoms with E-state index in [1.165, 1.54) is 0 Å². The average molecular weight is 161 g/mol. The van der Waals surface area contributed by atoms with Gasteiger partial charge in [0, 0.05) is 27.4 Å². The summed E-state index contributed by atoms with van der Waals surface area (Å²) in [5.74, 6) is 0. The molecule has 0 aromatic heterocycles. The van der Waals surface area contributed by atoms with Crippen molar-refractivity contribution in [3.05, 3.63) is 0 Å². The Kier molecular flexibility index (Phi) is 7.89. The topological polar surface area (TPSA) is 30.5 Å². The summed E-state index contributed by atoms with van der Waals surface area (Å²) in [6, 6.07) is 0. The van der Waals surface area contributed by atoms with Crippen LogP contribution in [0.3, 0.4) is 0 Å². The van der Waals surface area contributed by atoms with Gasteiger partial charge in [0.2, 0.25) is 0 Å². The zero-order valence-corrected chi connectivity index (χ0v) is 7.72. The van der Waals surface area contributed by atoms with Gasteiger partial charge in [-0.25, -0.2) is 0 Å². The lowest BCUT2D eigenvalue weighted by molar-refractivity contribution is 0.116. The molecule has 1 unspecified atom stereocenters. The molecule has 68 valence electrons. The lowest BCUT2D eigenvalue weighted by atomic mass is 10.4. The van der Waals surface area contributed by atoms with Crippen LogP contribution in [0.1, 0.15) is 13.3 Å². The molecule has 1 N–H and O–H groups in total. The van der Waals surface area contributed by atoms with Crippen molar-refractivity contribution in [1.82, 2.24) is 5.32 Å². The maximum absolute atomic E-state index is 5.06. The minimum atomic E-state index is 0.303. The van der Waals surface area contributed by atoms with E-state index >= 15 is 0 Å². The van der Waals surface area contributed by atoms with E-state index in [0.29, 0.717) is 6.10 Å². The number of hydrogen-bond acceptors (Lipinski definition) is 3. The van der Waals surface area contributed by atoms with Crippen molar-refractivity contribution in [2.75, 3.05) is 33.9 Å². The maximum Gasteiger partial charge on any atom is 0.0667 e. The second-order valence-corrected chi connectivity index (χ2v) is 2.60. The van der Waals surface area contributed by atoms with Crippen LogP contribution < -0.4 is 5.32 Å². The fraction of sp³-hybridized carbons (Fsp3) is 1.00. The Morgan fingerprint density at radius 1 is 1.36 bits per heavy atom. The normalized spacial score (nSPS) is 13.4. The molecule has 0 spiro atoms. The van der Waals surface area contributed by atoms with Gasteiger partial charge in [-0.15, -0.1) is 0 Å². The lowest BCUT2D eigenvalue weighted by Gasteiger charge is -2.09. The van der Waals surface area contributed by atoms with Crippen molar-refractivity contribution < 1.29 is 9.47 Å². The largest absolute Gasteiger partial charge is 0.385 e. The number of methoxy groups -OCH3 is 2. The van der Waals surface area contributed by atoms with E-state index in [0.717, 1.165) is 26.1 Å². The summed E-state index contributed by atoms with van der Waals surface area (Å²) in [6.45, 7) is 4.79. The van der Waals surface area contributed by atoms with Gasteiger partial charge >= 0.3 is 0 Å². The fourth-order valence-electron chi connectivity index (χ4n) is 0.730. The minimum Gasteiger partial charge on any atom is -0.385 e. The first-order valence-electron chi connectivity index (χ1n) is 4.03. The standard InChI is InChI=1S/C8H19NO2/c1-8(11-3)7-9-5-4-6-10-2/h8-9H,4-7H2,1-3H3. The van der Waals surface area contributed by atoms with Gasteiger partial charge in [-0.3, -0.25) is 0 Å². The van der Waals surface area contributed by atoms with Crippen molar-refractivity contribution in [3.63, 3.8) is 0 Å². The lowest BCUT2D eigenvalue weighted by Crippen LogP contribution is -2.27. The van der Waals surface area contributed by atoms with Gasteiger partial charge in [-0.2, -0.15) is 0 Å². The summed E-state index contributed by atoms with van der Waals surface area (Å²) < 4.78 is 9.97. The van der Waals surface area contributed by atoms with Gasteiger partial charge < -0.3 is 14.8 Å². The Morgan fingerprint density at radius 3 is 2.64 bits per heavy atom. The smallest absolute Gasteiger partial charge is 0.0667 e. The summed E-state index contributed by atoms with van der Waals surface area (Å²) >= 11 is 0. The van der Waals surface area contributed by atoms with Gasteiger partial charge in [-0.05, 0) is 19.9 Å². The number of nitrogens with one attached hydrogen (secondary N) is 1. The highest BCUT2D eigenvalue weighted by Gasteiger charge is 1.96. The summed E-state index contributed by atoms with van der Waals surface area (Å²) in [4.78, 5) is 0. The van der Waals surface area contributed by atoms with E-state index in [4.69, 9.17) is 9.47 Å². The van der Waals surface area contributed by atoms with Crippen LogP contribution in [0.25, 0.3) is 0 Å². The predicted molar refractivity (Wildman–Crippen MR) is 45.8 cm³/mol. The Labute approximate surface area is 69.1 Å². The molecule has 0 aliphatic rings. The van der Waals surface area contributed by atoms with Crippen molar-refractivity contribution in [2.24, 2.45) is 0 Å². The Balaban J connectivity index is 2.89. The third-order valence-corrected chi connectivity index (χ3v) is 1.54. The molecule has 0 aromatic rings. The van der Waals surface area contributed by atoms with Crippen LogP contribution in [0.2, 0.25) is 0 Å². The van der Waals surface area contributed by atoms with Crippen molar-refractivity contribution >= 4 is 0 Å². The molecule has 0 saturated heterocycles. The quantitative estimate of drug-likeness (QED) is 0.556. The molecule has 0 radical (unpaired) electrons. The third-order valence-electron chi connectivity index (χ3n) is 1.54. The molecule has 3 nitrogen and oxygen atoms in total. The molecule has 3 heteroatoms. The van der Waals surface area contributed by atoms with Crippen LogP contribution in [-0.2, 0) is 9.47 Å². The molecule has 0 aliphatic heterocycles. The van der Waals surface area contributed by atoms with Crippen molar-refractivity contribution in [3.8, 4) is 0 Å². The average Bonchev–Trinajstić information content (AvgIpc) is 2.04. The second kappa shape index (κ2) is 7.98. The maximum atomic E-state index is 5.06. The van der Waals surface area contributed by atoms with E-state index in [9.17, 15) is 0 Å². The number of ether oxygens (including phenoxy) is 2. The molecule has 0 heterocycles. The van der Waals surface area contributed by atoms with E-state index in [1.807, 2.05) is 6.92 Å². The van der Waals surface area contributed by atoms with E-state index < -0.39 is 0 Å². The van der Waals surface area contributed by atoms with Gasteiger partial charge in [-0.1, -0.05) is 0 Å². The first-order chi connectivity index (χ1) is 5.31. The molecule has 0 aromatic carbocycles. The second-order valence-electron chi connectivity index (χ2n) is 2.60. The highest BCUT2D eigenvalue weighted by atomic mass is 16.5. The van der Waals surface area contributed by atoms with Gasteiger partial charge in [0.25, 0.3) is 0 Å². The van der Waals surface area contributed by atoms with Crippen LogP contribution in [0.5, 0.6) is 0 Å². The molecule has 0 bridgehead atoms. The highest BCUT2D eigenvalue weighted by Crippen LogP contribution is 1.84. The van der Waals surface area contributed by atoms with Crippen molar-refractivity contribution in [1.29, 1.82) is 0 Å². The van der Waals surface area contributed by atoms with Gasteiger partial charge in [0.15, 0.2) is 0 Å². The summed E-state index contributed by atoms with van der Waals surface area (Å²) in [6.07, 6.45) is 1.37. The van der Waals surface area contributed by atoms with Crippen LogP contribution in [0, 0.1) is 0 Å². The van der Waals surface area contributed by atoms with E-state index in [1.54, 1.807) is 14.2 Å². The molecular formula is C8H19NO2. The molecule has 0 saturated carbocycles. The number of rotatable bonds is 7. The van der Waals surface area contributed by atoms with Gasteiger partial charge in [0.1, 0.15) is 0 Å². The fourth-order valence-corrected chi connectivity index (χ4v) is 0.730. The van der Waals surface area contributed by atoms with Gasteiger partial charge in [0.05, 0.1) is 6.10 Å². The molecular weight excluding hydrogens is 142 g/mol. The SMILES string of the molecule is COCCCNCC(C)OC. The first kappa shape index (κ1) is 10.9. The van der Waals surface area contributed by atoms with Crippen LogP contribution in [0.4, 0.5) is 0 Å². The minimum absolute atomic E-state index is 0.303. The zero-order valence-electron chi connectivity index (χ0n) is 7.72.